The molecule has 0 aromatic heterocycles. The van der Waals surface area contributed by atoms with Crippen molar-refractivity contribution >= 4 is 39.5 Å². The lowest BCUT2D eigenvalue weighted by Gasteiger charge is -2.21. The number of rotatable bonds is 73. The SMILES string of the molecule is CCCCCCCCCCCCCCCCCCCCCC(=O)O[C@H](COC(=O)CCCCCCCCCCCCCCCCCC(C)C)COP(=O)(O)OC[C@@H](O)COP(=O)(O)OC[C@@H](COC(=O)CCCCCCCCC)OC(=O)CCCCCCCCCC. The highest BCUT2D eigenvalue weighted by Gasteiger charge is 2.30. The molecule has 0 aromatic rings. The van der Waals surface area contributed by atoms with Crippen molar-refractivity contribution in [3.8, 4) is 0 Å². The lowest BCUT2D eigenvalue weighted by atomic mass is 10.0. The maximum absolute atomic E-state index is 13.1. The van der Waals surface area contributed by atoms with Crippen LogP contribution in [-0.4, -0.2) is 96.7 Å². The summed E-state index contributed by atoms with van der Waals surface area (Å²) in [4.78, 5) is 72.4. The highest BCUT2D eigenvalue weighted by atomic mass is 31.2. The number of ether oxygens (including phenoxy) is 4. The zero-order valence-corrected chi connectivity index (χ0v) is 61.5. The maximum Gasteiger partial charge on any atom is 0.472 e. The summed E-state index contributed by atoms with van der Waals surface area (Å²) >= 11 is 0. The van der Waals surface area contributed by atoms with E-state index in [4.69, 9.17) is 37.0 Å². The molecule has 0 radical (unpaired) electrons. The summed E-state index contributed by atoms with van der Waals surface area (Å²) in [6.45, 7) is 7.23. The van der Waals surface area contributed by atoms with Crippen LogP contribution in [-0.2, 0) is 65.4 Å². The van der Waals surface area contributed by atoms with Crippen LogP contribution in [0.2, 0.25) is 0 Å². The van der Waals surface area contributed by atoms with Gasteiger partial charge in [-0.05, 0) is 31.6 Å². The molecule has 0 fully saturated rings. The van der Waals surface area contributed by atoms with E-state index in [9.17, 15) is 43.2 Å². The number of aliphatic hydroxyl groups excluding tert-OH is 1. The molecule has 2 unspecified atom stereocenters. The second-order valence-electron chi connectivity index (χ2n) is 26.8. The van der Waals surface area contributed by atoms with Crippen molar-refractivity contribution in [2.45, 2.75) is 400 Å². The molecule has 5 atom stereocenters. The van der Waals surface area contributed by atoms with Crippen molar-refractivity contribution in [3.63, 3.8) is 0 Å². The van der Waals surface area contributed by atoms with E-state index >= 15 is 0 Å². The van der Waals surface area contributed by atoms with Gasteiger partial charge in [-0.25, -0.2) is 9.13 Å². The van der Waals surface area contributed by atoms with Crippen molar-refractivity contribution in [3.05, 3.63) is 0 Å². The molecule has 546 valence electrons. The first-order valence-electron chi connectivity index (χ1n) is 38.1. The normalized spacial score (nSPS) is 14.0. The van der Waals surface area contributed by atoms with Gasteiger partial charge in [-0.15, -0.1) is 0 Å². The Kier molecular flexibility index (Phi) is 64.9. The number of carbonyl (C=O) groups is 4. The largest absolute Gasteiger partial charge is 0.472 e. The fourth-order valence-corrected chi connectivity index (χ4v) is 12.8. The molecule has 0 aliphatic rings. The maximum atomic E-state index is 13.1. The molecule has 0 aliphatic carbocycles. The summed E-state index contributed by atoms with van der Waals surface area (Å²) in [6, 6.07) is 0. The van der Waals surface area contributed by atoms with Crippen LogP contribution in [0.15, 0.2) is 0 Å². The van der Waals surface area contributed by atoms with Gasteiger partial charge in [-0.3, -0.25) is 37.3 Å². The summed E-state index contributed by atoms with van der Waals surface area (Å²) in [5, 5.41) is 10.6. The Morgan fingerprint density at radius 1 is 0.293 bits per heavy atom. The van der Waals surface area contributed by atoms with Crippen LogP contribution in [0.3, 0.4) is 0 Å². The lowest BCUT2D eigenvalue weighted by molar-refractivity contribution is -0.161. The molecular formula is C73H142O17P2. The second kappa shape index (κ2) is 66.3. The summed E-state index contributed by atoms with van der Waals surface area (Å²) in [7, 11) is -9.89. The molecule has 0 bridgehead atoms. The molecule has 19 heteroatoms. The van der Waals surface area contributed by atoms with E-state index < -0.39 is 97.5 Å². The summed E-state index contributed by atoms with van der Waals surface area (Å²) in [5.41, 5.74) is 0. The van der Waals surface area contributed by atoms with Crippen molar-refractivity contribution in [2.24, 2.45) is 5.92 Å². The average Bonchev–Trinajstić information content (AvgIpc) is 3.41. The minimum Gasteiger partial charge on any atom is -0.462 e. The molecule has 0 heterocycles. The molecule has 92 heavy (non-hydrogen) atoms. The van der Waals surface area contributed by atoms with Gasteiger partial charge in [0.1, 0.15) is 19.3 Å². The van der Waals surface area contributed by atoms with Gasteiger partial charge in [0.15, 0.2) is 12.2 Å². The number of phosphoric ester groups is 2. The van der Waals surface area contributed by atoms with Gasteiger partial charge >= 0.3 is 39.5 Å². The quantitative estimate of drug-likeness (QED) is 0.0222. The van der Waals surface area contributed by atoms with Crippen molar-refractivity contribution < 1.29 is 80.2 Å². The topological polar surface area (TPSA) is 237 Å². The third-order valence-electron chi connectivity index (χ3n) is 17.0. The van der Waals surface area contributed by atoms with Crippen LogP contribution >= 0.6 is 15.6 Å². The van der Waals surface area contributed by atoms with E-state index in [1.54, 1.807) is 0 Å². The van der Waals surface area contributed by atoms with E-state index in [1.165, 1.54) is 186 Å². The van der Waals surface area contributed by atoms with E-state index in [-0.39, 0.29) is 25.7 Å². The molecule has 17 nitrogen and oxygen atoms in total. The van der Waals surface area contributed by atoms with Gasteiger partial charge in [0.05, 0.1) is 26.4 Å². The molecule has 0 rings (SSSR count). The molecule has 0 amide bonds. The smallest absolute Gasteiger partial charge is 0.462 e. The summed E-state index contributed by atoms with van der Waals surface area (Å²) in [5.74, 6) is -1.32. The van der Waals surface area contributed by atoms with Crippen LogP contribution in [0.25, 0.3) is 0 Å². The summed E-state index contributed by atoms with van der Waals surface area (Å²) in [6.07, 6.45) is 54.4. The summed E-state index contributed by atoms with van der Waals surface area (Å²) < 4.78 is 68.2. The fraction of sp³-hybridized carbons (Fsp3) is 0.945. The van der Waals surface area contributed by atoms with Crippen molar-refractivity contribution in [1.29, 1.82) is 0 Å². The first-order valence-corrected chi connectivity index (χ1v) is 41.1. The van der Waals surface area contributed by atoms with Gasteiger partial charge in [0.25, 0.3) is 0 Å². The lowest BCUT2D eigenvalue weighted by Crippen LogP contribution is -2.30. The highest BCUT2D eigenvalue weighted by molar-refractivity contribution is 7.47. The van der Waals surface area contributed by atoms with Crippen LogP contribution < -0.4 is 0 Å². The third kappa shape index (κ3) is 66.7. The molecule has 0 spiro atoms. The molecular weight excluding hydrogens is 1210 g/mol. The molecule has 0 aliphatic heterocycles. The van der Waals surface area contributed by atoms with E-state index in [2.05, 4.69) is 34.6 Å². The van der Waals surface area contributed by atoms with Gasteiger partial charge in [-0.2, -0.15) is 0 Å². The first kappa shape index (κ1) is 90.1. The zero-order valence-electron chi connectivity index (χ0n) is 59.7. The van der Waals surface area contributed by atoms with E-state index in [1.807, 2.05) is 0 Å². The molecule has 0 saturated carbocycles. The number of carbonyl (C=O) groups excluding carboxylic acids is 4. The Morgan fingerprint density at radius 3 is 0.739 bits per heavy atom. The van der Waals surface area contributed by atoms with Gasteiger partial charge in [0.2, 0.25) is 0 Å². The van der Waals surface area contributed by atoms with Crippen molar-refractivity contribution in [1.82, 2.24) is 0 Å². The van der Waals surface area contributed by atoms with Gasteiger partial charge in [-0.1, -0.05) is 330 Å². The predicted molar refractivity (Wildman–Crippen MR) is 372 cm³/mol. The van der Waals surface area contributed by atoms with Crippen molar-refractivity contribution in [2.75, 3.05) is 39.6 Å². The number of esters is 4. The minimum atomic E-state index is -4.95. The number of phosphoric acid groups is 2. The van der Waals surface area contributed by atoms with Crippen LogP contribution in [0.4, 0.5) is 0 Å². The average molecular weight is 1350 g/mol. The monoisotopic (exact) mass is 1350 g/mol. The van der Waals surface area contributed by atoms with Gasteiger partial charge < -0.3 is 33.8 Å². The van der Waals surface area contributed by atoms with E-state index in [0.717, 1.165) is 115 Å². The Labute approximate surface area is 562 Å². The number of unbranched alkanes of at least 4 members (excludes halogenated alkanes) is 45. The highest BCUT2D eigenvalue weighted by Crippen LogP contribution is 2.45. The van der Waals surface area contributed by atoms with E-state index in [0.29, 0.717) is 25.7 Å². The number of hydrogen-bond donors (Lipinski definition) is 3. The first-order chi connectivity index (χ1) is 44.5. The second-order valence-corrected chi connectivity index (χ2v) is 29.7. The van der Waals surface area contributed by atoms with Crippen LogP contribution in [0.1, 0.15) is 381 Å². The Balaban J connectivity index is 5.14. The fourth-order valence-electron chi connectivity index (χ4n) is 11.2. The molecule has 0 aromatic carbocycles. The zero-order chi connectivity index (χ0) is 67.7. The Morgan fingerprint density at radius 2 is 0.500 bits per heavy atom. The van der Waals surface area contributed by atoms with Crippen LogP contribution in [0, 0.1) is 5.92 Å². The molecule has 3 N–H and O–H groups in total. The number of hydrogen-bond acceptors (Lipinski definition) is 15. The van der Waals surface area contributed by atoms with Crippen LogP contribution in [0.5, 0.6) is 0 Å². The number of aliphatic hydroxyl groups is 1. The third-order valence-corrected chi connectivity index (χ3v) is 18.9. The minimum absolute atomic E-state index is 0.105. The Bertz CT molecular complexity index is 1770. The molecule has 0 saturated heterocycles. The predicted octanol–water partition coefficient (Wildman–Crippen LogP) is 21.3. The Hall–Kier alpha value is -1.94. The standard InChI is InChI=1S/C73H142O17P2/c1-6-9-12-15-18-20-21-22-23-24-25-26-29-33-36-39-44-49-54-59-73(78)90-69(63-84-71(76)57-52-47-43-38-35-32-30-27-28-31-34-37-41-45-50-55-66(4)5)65-88-92(81,82)86-61-67(74)60-85-91(79,80)87-64-68(62-83-70(75)56-51-46-40-17-14-11-8-3)89-72(77)58-53-48-42-19-16-13-10-7-2/h66-69,74H,6-65H2,1-5H3,(H,79,80)(H,81,82)/t67-,68+,69+/m0/s1. The van der Waals surface area contributed by atoms with Gasteiger partial charge in [0, 0.05) is 25.7 Å².